The van der Waals surface area contributed by atoms with Gasteiger partial charge in [0.1, 0.15) is 12.5 Å². The van der Waals surface area contributed by atoms with Gasteiger partial charge in [0.25, 0.3) is 0 Å². The third kappa shape index (κ3) is 2.66. The number of alkyl halides is 3. The molecular weight excluding hydrogens is 197 g/mol. The maximum Gasteiger partial charge on any atom is 0.416 e. The fourth-order valence-corrected chi connectivity index (χ4v) is 1.60. The monoisotopic (exact) mass is 207 g/mol. The van der Waals surface area contributed by atoms with E-state index in [2.05, 4.69) is 0 Å². The molecule has 0 atom stereocenters. The summed E-state index contributed by atoms with van der Waals surface area (Å²) < 4.78 is 36.4. The van der Waals surface area contributed by atoms with E-state index >= 15 is 0 Å². The molecule has 0 saturated carbocycles. The molecule has 1 rings (SSSR count). The van der Waals surface area contributed by atoms with Crippen molar-refractivity contribution in [3.8, 4) is 0 Å². The van der Waals surface area contributed by atoms with E-state index < -0.39 is 11.7 Å². The number of rotatable bonds is 1. The molecule has 0 unspecified atom stereocenters. The molecular formula is C9H10F3S+. The molecule has 0 bridgehead atoms. The van der Waals surface area contributed by atoms with Crippen molar-refractivity contribution in [2.45, 2.75) is 11.1 Å². The van der Waals surface area contributed by atoms with Crippen LogP contribution in [0.3, 0.4) is 0 Å². The summed E-state index contributed by atoms with van der Waals surface area (Å²) in [5, 5.41) is 0. The van der Waals surface area contributed by atoms with Gasteiger partial charge in [-0.05, 0) is 24.3 Å². The minimum Gasteiger partial charge on any atom is -0.166 e. The molecule has 0 fully saturated rings. The zero-order chi connectivity index (χ0) is 10.1. The van der Waals surface area contributed by atoms with Crippen molar-refractivity contribution >= 4 is 10.9 Å². The topological polar surface area (TPSA) is 0 Å². The van der Waals surface area contributed by atoms with E-state index in [9.17, 15) is 13.2 Å². The van der Waals surface area contributed by atoms with Gasteiger partial charge in [-0.2, -0.15) is 13.2 Å². The van der Waals surface area contributed by atoms with Gasteiger partial charge in [0.15, 0.2) is 4.90 Å². The van der Waals surface area contributed by atoms with Crippen LogP contribution in [0.4, 0.5) is 13.2 Å². The molecule has 0 heterocycles. The van der Waals surface area contributed by atoms with Gasteiger partial charge < -0.3 is 0 Å². The molecule has 72 valence electrons. The highest BCUT2D eigenvalue weighted by Crippen LogP contribution is 2.29. The van der Waals surface area contributed by atoms with Crippen LogP contribution in [-0.4, -0.2) is 12.5 Å². The van der Waals surface area contributed by atoms with Crippen LogP contribution >= 0.6 is 0 Å². The maximum atomic E-state index is 12.1. The van der Waals surface area contributed by atoms with Crippen molar-refractivity contribution in [3.63, 3.8) is 0 Å². The summed E-state index contributed by atoms with van der Waals surface area (Å²) in [5.41, 5.74) is -0.582. The lowest BCUT2D eigenvalue weighted by atomic mass is 10.2. The van der Waals surface area contributed by atoms with Gasteiger partial charge in [-0.15, -0.1) is 0 Å². The zero-order valence-corrected chi connectivity index (χ0v) is 8.17. The predicted octanol–water partition coefficient (Wildman–Crippen LogP) is 2.94. The lowest BCUT2D eigenvalue weighted by molar-refractivity contribution is -0.137. The Labute approximate surface area is 78.1 Å². The molecule has 0 saturated heterocycles. The van der Waals surface area contributed by atoms with Crippen molar-refractivity contribution in [2.75, 3.05) is 12.5 Å². The maximum absolute atomic E-state index is 12.1. The Morgan fingerprint density at radius 2 is 1.46 bits per heavy atom. The molecule has 1 aromatic rings. The molecule has 0 nitrogen and oxygen atoms in total. The zero-order valence-electron chi connectivity index (χ0n) is 7.35. The second kappa shape index (κ2) is 3.62. The van der Waals surface area contributed by atoms with Crippen LogP contribution in [0.25, 0.3) is 0 Å². The number of benzene rings is 1. The molecule has 4 heteroatoms. The number of hydrogen-bond acceptors (Lipinski definition) is 0. The van der Waals surface area contributed by atoms with Crippen LogP contribution in [0.1, 0.15) is 5.56 Å². The minimum absolute atomic E-state index is 0.0186. The summed E-state index contributed by atoms with van der Waals surface area (Å²) in [6.07, 6.45) is -0.274. The quantitative estimate of drug-likeness (QED) is 0.621. The van der Waals surface area contributed by atoms with Gasteiger partial charge in [-0.3, -0.25) is 0 Å². The van der Waals surface area contributed by atoms with Crippen molar-refractivity contribution in [1.82, 2.24) is 0 Å². The fourth-order valence-electron chi connectivity index (χ4n) is 0.916. The summed E-state index contributed by atoms with van der Waals surface area (Å²) >= 11 is 0. The summed E-state index contributed by atoms with van der Waals surface area (Å²) in [7, 11) is 0.0186. The van der Waals surface area contributed by atoms with Gasteiger partial charge in [0, 0.05) is 10.9 Å². The molecule has 0 spiro atoms. The average molecular weight is 207 g/mol. The van der Waals surface area contributed by atoms with E-state index in [1.807, 2.05) is 12.5 Å². The first-order chi connectivity index (χ1) is 5.91. The molecule has 0 N–H and O–H groups in total. The molecule has 0 aliphatic rings. The highest BCUT2D eigenvalue weighted by Gasteiger charge is 2.30. The molecule has 0 radical (unpaired) electrons. The lowest BCUT2D eigenvalue weighted by Gasteiger charge is -2.05. The van der Waals surface area contributed by atoms with Gasteiger partial charge in [0.2, 0.25) is 0 Å². The third-order valence-electron chi connectivity index (χ3n) is 1.65. The van der Waals surface area contributed by atoms with Crippen molar-refractivity contribution in [3.05, 3.63) is 29.8 Å². The van der Waals surface area contributed by atoms with Crippen LogP contribution in [0, 0.1) is 0 Å². The Morgan fingerprint density at radius 1 is 1.00 bits per heavy atom. The van der Waals surface area contributed by atoms with Gasteiger partial charge in [0.05, 0.1) is 5.56 Å². The smallest absolute Gasteiger partial charge is 0.166 e. The largest absolute Gasteiger partial charge is 0.416 e. The molecule has 1 aromatic carbocycles. The normalized spacial score (nSPS) is 12.2. The Hall–Kier alpha value is -0.640. The first kappa shape index (κ1) is 10.4. The van der Waals surface area contributed by atoms with E-state index in [0.29, 0.717) is 0 Å². The summed E-state index contributed by atoms with van der Waals surface area (Å²) in [5.74, 6) is 0. The van der Waals surface area contributed by atoms with Crippen LogP contribution in [-0.2, 0) is 17.1 Å². The first-order valence-corrected chi connectivity index (χ1v) is 5.70. The SMILES string of the molecule is C[S+](C)c1ccc(C(F)(F)F)cc1. The van der Waals surface area contributed by atoms with Crippen molar-refractivity contribution < 1.29 is 13.2 Å². The highest BCUT2D eigenvalue weighted by atomic mass is 32.2. The van der Waals surface area contributed by atoms with E-state index in [4.69, 9.17) is 0 Å². The van der Waals surface area contributed by atoms with Crippen LogP contribution in [0.5, 0.6) is 0 Å². The van der Waals surface area contributed by atoms with Gasteiger partial charge >= 0.3 is 6.18 Å². The van der Waals surface area contributed by atoms with Crippen molar-refractivity contribution in [2.24, 2.45) is 0 Å². The van der Waals surface area contributed by atoms with Crippen LogP contribution in [0.15, 0.2) is 29.2 Å². The number of hydrogen-bond donors (Lipinski definition) is 0. The summed E-state index contributed by atoms with van der Waals surface area (Å²) in [6.45, 7) is 0. The van der Waals surface area contributed by atoms with E-state index in [1.54, 1.807) is 0 Å². The van der Waals surface area contributed by atoms with Crippen LogP contribution in [0.2, 0.25) is 0 Å². The van der Waals surface area contributed by atoms with E-state index in [0.717, 1.165) is 17.0 Å². The first-order valence-electron chi connectivity index (χ1n) is 3.66. The number of halogens is 3. The Bertz CT molecular complexity index is 274. The third-order valence-corrected chi connectivity index (χ3v) is 2.87. The highest BCUT2D eigenvalue weighted by molar-refractivity contribution is 7.95. The molecule has 0 aliphatic carbocycles. The second-order valence-corrected chi connectivity index (χ2v) is 4.94. The van der Waals surface area contributed by atoms with Gasteiger partial charge in [-0.25, -0.2) is 0 Å². The fraction of sp³-hybridized carbons (Fsp3) is 0.333. The Morgan fingerprint density at radius 3 is 1.77 bits per heavy atom. The second-order valence-electron chi connectivity index (χ2n) is 2.84. The van der Waals surface area contributed by atoms with Crippen LogP contribution < -0.4 is 0 Å². The minimum atomic E-state index is -4.22. The molecule has 13 heavy (non-hydrogen) atoms. The Kier molecular flexibility index (Phi) is 2.91. The summed E-state index contributed by atoms with van der Waals surface area (Å²) in [6, 6.07) is 5.32. The molecule has 0 aliphatic heterocycles. The predicted molar refractivity (Wildman–Crippen MR) is 48.9 cm³/mol. The molecule has 0 amide bonds. The van der Waals surface area contributed by atoms with E-state index in [1.165, 1.54) is 12.1 Å². The summed E-state index contributed by atoms with van der Waals surface area (Å²) in [4.78, 5) is 0.952. The van der Waals surface area contributed by atoms with E-state index in [-0.39, 0.29) is 10.9 Å². The van der Waals surface area contributed by atoms with Crippen molar-refractivity contribution in [1.29, 1.82) is 0 Å². The standard InChI is InChI=1S/C9H10F3S/c1-13(2)8-5-3-7(4-6-8)9(10,11)12/h3-6H,1-2H3/q+1. The molecule has 0 aromatic heterocycles. The lowest BCUT2D eigenvalue weighted by Crippen LogP contribution is -2.05. The average Bonchev–Trinajstić information content (AvgIpc) is 2.03. The van der Waals surface area contributed by atoms with Gasteiger partial charge in [-0.1, -0.05) is 0 Å². The Balaban J connectivity index is 2.94.